The molecule has 1 amide bonds. The van der Waals surface area contributed by atoms with E-state index in [0.717, 1.165) is 16.4 Å². The van der Waals surface area contributed by atoms with Crippen LogP contribution in [0.2, 0.25) is 0 Å². The molecule has 20 heavy (non-hydrogen) atoms. The second-order valence-electron chi connectivity index (χ2n) is 4.93. The van der Waals surface area contributed by atoms with Crippen LogP contribution >= 0.6 is 22.6 Å². The van der Waals surface area contributed by atoms with E-state index in [0.29, 0.717) is 18.7 Å². The zero-order valence-corrected chi connectivity index (χ0v) is 13.5. The van der Waals surface area contributed by atoms with Crippen LogP contribution in [-0.2, 0) is 4.74 Å². The lowest BCUT2D eigenvalue weighted by atomic mass is 9.98. The molecule has 0 spiro atoms. The van der Waals surface area contributed by atoms with Crippen LogP contribution < -0.4 is 5.73 Å². The molecule has 1 fully saturated rings. The van der Waals surface area contributed by atoms with Gasteiger partial charge in [0.1, 0.15) is 5.75 Å². The molecular weight excluding hydrogens is 371 g/mol. The highest BCUT2D eigenvalue weighted by molar-refractivity contribution is 14.1. The fourth-order valence-electron chi connectivity index (χ4n) is 2.55. The minimum absolute atomic E-state index is 0.0139. The summed E-state index contributed by atoms with van der Waals surface area (Å²) in [4.78, 5) is 14.4. The molecule has 110 valence electrons. The van der Waals surface area contributed by atoms with Gasteiger partial charge in [0.15, 0.2) is 0 Å². The summed E-state index contributed by atoms with van der Waals surface area (Å²) in [5.74, 6) is -0.147. The van der Waals surface area contributed by atoms with Gasteiger partial charge in [0.2, 0.25) is 0 Å². The van der Waals surface area contributed by atoms with E-state index >= 15 is 0 Å². The van der Waals surface area contributed by atoms with Crippen molar-refractivity contribution in [2.24, 2.45) is 5.73 Å². The van der Waals surface area contributed by atoms with Gasteiger partial charge in [-0.2, -0.15) is 0 Å². The Morgan fingerprint density at radius 2 is 2.35 bits per heavy atom. The number of methoxy groups -OCH3 is 1. The van der Waals surface area contributed by atoms with E-state index < -0.39 is 0 Å². The van der Waals surface area contributed by atoms with Gasteiger partial charge in [-0.15, -0.1) is 0 Å². The van der Waals surface area contributed by atoms with E-state index in [9.17, 15) is 9.90 Å². The first kappa shape index (κ1) is 15.5. The first-order valence-corrected chi connectivity index (χ1v) is 7.67. The average Bonchev–Trinajstić information content (AvgIpc) is 2.48. The highest BCUT2D eigenvalue weighted by atomic mass is 127. The van der Waals surface area contributed by atoms with Crippen molar-refractivity contribution in [3.8, 4) is 5.75 Å². The number of benzene rings is 1. The number of carbonyl (C=O) groups is 1. The van der Waals surface area contributed by atoms with Gasteiger partial charge in [0, 0.05) is 29.8 Å². The van der Waals surface area contributed by atoms with Crippen molar-refractivity contribution in [1.29, 1.82) is 0 Å². The summed E-state index contributed by atoms with van der Waals surface area (Å²) in [6.07, 6.45) is 1.68. The van der Waals surface area contributed by atoms with Crippen LogP contribution in [0.3, 0.4) is 0 Å². The Balaban J connectivity index is 2.21. The second kappa shape index (κ2) is 6.73. The Morgan fingerprint density at radius 1 is 1.60 bits per heavy atom. The number of hydrogen-bond acceptors (Lipinski definition) is 4. The molecule has 1 aromatic rings. The Labute approximate surface area is 132 Å². The zero-order chi connectivity index (χ0) is 14.7. The van der Waals surface area contributed by atoms with E-state index in [1.807, 2.05) is 0 Å². The summed E-state index contributed by atoms with van der Waals surface area (Å²) in [6.45, 7) is 1.00. The molecule has 1 heterocycles. The number of piperidine rings is 1. The topological polar surface area (TPSA) is 75.8 Å². The number of carbonyl (C=O) groups excluding carboxylic acids is 1. The van der Waals surface area contributed by atoms with Gasteiger partial charge < -0.3 is 20.5 Å². The number of ether oxygens (including phenoxy) is 1. The minimum atomic E-state index is -0.161. The van der Waals surface area contributed by atoms with Gasteiger partial charge >= 0.3 is 0 Å². The van der Waals surface area contributed by atoms with Gasteiger partial charge in [-0.25, -0.2) is 0 Å². The van der Waals surface area contributed by atoms with Gasteiger partial charge in [-0.3, -0.25) is 4.79 Å². The predicted octanol–water partition coefficient (Wildman–Crippen LogP) is 1.58. The fraction of sp³-hybridized carbons (Fsp3) is 0.500. The number of phenolic OH excluding ortho intramolecular Hbond substituents is 1. The van der Waals surface area contributed by atoms with Crippen LogP contribution in [0.5, 0.6) is 5.75 Å². The molecule has 3 N–H and O–H groups in total. The van der Waals surface area contributed by atoms with Crippen LogP contribution in [0, 0.1) is 3.57 Å². The number of halogens is 1. The quantitative estimate of drug-likeness (QED) is 0.769. The van der Waals surface area contributed by atoms with Crippen LogP contribution in [0.1, 0.15) is 23.2 Å². The Kier molecular flexibility index (Phi) is 5.22. The number of amides is 1. The van der Waals surface area contributed by atoms with Crippen LogP contribution in [0.25, 0.3) is 0 Å². The molecular formula is C14H19IN2O3. The Bertz CT molecular complexity index is 495. The Hall–Kier alpha value is -0.860. The molecule has 2 rings (SSSR count). The van der Waals surface area contributed by atoms with Gasteiger partial charge in [0.05, 0.1) is 11.7 Å². The first-order valence-electron chi connectivity index (χ1n) is 6.59. The van der Waals surface area contributed by atoms with Crippen molar-refractivity contribution in [1.82, 2.24) is 4.90 Å². The molecule has 1 aliphatic heterocycles. The third-order valence-corrected chi connectivity index (χ3v) is 4.39. The number of nitrogens with two attached hydrogens (primary N) is 1. The number of phenols is 1. The van der Waals surface area contributed by atoms with Gasteiger partial charge in [-0.05, 0) is 53.6 Å². The highest BCUT2D eigenvalue weighted by Gasteiger charge is 2.32. The minimum Gasteiger partial charge on any atom is -0.507 e. The average molecular weight is 390 g/mol. The summed E-state index contributed by atoms with van der Waals surface area (Å²) < 4.78 is 6.27. The largest absolute Gasteiger partial charge is 0.507 e. The van der Waals surface area contributed by atoms with Crippen molar-refractivity contribution in [2.75, 3.05) is 20.2 Å². The van der Waals surface area contributed by atoms with Crippen LogP contribution in [0.15, 0.2) is 18.2 Å². The van der Waals surface area contributed by atoms with Crippen molar-refractivity contribution in [3.63, 3.8) is 0 Å². The van der Waals surface area contributed by atoms with Crippen molar-refractivity contribution < 1.29 is 14.6 Å². The molecule has 0 radical (unpaired) electrons. The summed E-state index contributed by atoms with van der Waals surface area (Å²) in [6, 6.07) is 4.98. The summed E-state index contributed by atoms with van der Waals surface area (Å²) in [5.41, 5.74) is 6.12. The van der Waals surface area contributed by atoms with Crippen LogP contribution in [0.4, 0.5) is 0 Å². The molecule has 2 unspecified atom stereocenters. The molecule has 0 saturated carbocycles. The lowest BCUT2D eigenvalue weighted by Gasteiger charge is -2.38. The van der Waals surface area contributed by atoms with E-state index in [2.05, 4.69) is 22.6 Å². The molecule has 1 saturated heterocycles. The summed E-state index contributed by atoms with van der Waals surface area (Å²) in [5, 5.41) is 9.89. The number of aromatic hydroxyl groups is 1. The molecule has 0 aromatic heterocycles. The van der Waals surface area contributed by atoms with E-state index in [1.165, 1.54) is 0 Å². The summed E-state index contributed by atoms with van der Waals surface area (Å²) >= 11 is 2.12. The first-order chi connectivity index (χ1) is 9.56. The normalized spacial score (nSPS) is 22.9. The maximum atomic E-state index is 12.6. The predicted molar refractivity (Wildman–Crippen MR) is 84.7 cm³/mol. The van der Waals surface area contributed by atoms with E-state index in [4.69, 9.17) is 10.5 Å². The lowest BCUT2D eigenvalue weighted by molar-refractivity contribution is 0.0138. The van der Waals surface area contributed by atoms with E-state index in [-0.39, 0.29) is 23.8 Å². The molecule has 1 aliphatic rings. The molecule has 6 heteroatoms. The number of likely N-dealkylation sites (tertiary alicyclic amines) is 1. The zero-order valence-electron chi connectivity index (χ0n) is 11.4. The Morgan fingerprint density at radius 3 is 3.00 bits per heavy atom. The van der Waals surface area contributed by atoms with E-state index in [1.54, 1.807) is 30.2 Å². The van der Waals surface area contributed by atoms with Crippen LogP contribution in [-0.4, -0.2) is 48.3 Å². The SMILES string of the molecule is COC1CCN(C(=O)c2cc(I)ccc2O)C(CN)C1. The molecule has 2 atom stereocenters. The molecule has 5 nitrogen and oxygen atoms in total. The van der Waals surface area contributed by atoms with Gasteiger partial charge in [-0.1, -0.05) is 0 Å². The number of nitrogens with zero attached hydrogens (tertiary/aromatic N) is 1. The lowest BCUT2D eigenvalue weighted by Crippen LogP contribution is -2.51. The molecule has 0 bridgehead atoms. The highest BCUT2D eigenvalue weighted by Crippen LogP contribution is 2.26. The fourth-order valence-corrected chi connectivity index (χ4v) is 3.04. The maximum Gasteiger partial charge on any atom is 0.257 e. The molecule has 0 aliphatic carbocycles. The monoisotopic (exact) mass is 390 g/mol. The number of rotatable bonds is 3. The molecule has 1 aromatic carbocycles. The third-order valence-electron chi connectivity index (χ3n) is 3.72. The summed E-state index contributed by atoms with van der Waals surface area (Å²) in [7, 11) is 1.68. The third kappa shape index (κ3) is 3.24. The second-order valence-corrected chi connectivity index (χ2v) is 6.18. The smallest absolute Gasteiger partial charge is 0.257 e. The number of hydrogen-bond donors (Lipinski definition) is 2. The van der Waals surface area contributed by atoms with Crippen molar-refractivity contribution in [2.45, 2.75) is 25.0 Å². The standard InChI is InChI=1S/C14H19IN2O3/c1-20-11-4-5-17(10(7-11)8-16)14(19)12-6-9(15)2-3-13(12)18/h2-3,6,10-11,18H,4-5,7-8,16H2,1H3. The van der Waals surface area contributed by atoms with Crippen molar-refractivity contribution in [3.05, 3.63) is 27.3 Å². The van der Waals surface area contributed by atoms with Crippen molar-refractivity contribution >= 4 is 28.5 Å². The van der Waals surface area contributed by atoms with Gasteiger partial charge in [0.25, 0.3) is 5.91 Å². The maximum absolute atomic E-state index is 12.6.